The van der Waals surface area contributed by atoms with Gasteiger partial charge in [0.25, 0.3) is 0 Å². The van der Waals surface area contributed by atoms with E-state index < -0.39 is 0 Å². The van der Waals surface area contributed by atoms with Crippen molar-refractivity contribution in [3.8, 4) is 0 Å². The first-order chi connectivity index (χ1) is 10.4. The molecule has 1 fully saturated rings. The van der Waals surface area contributed by atoms with Gasteiger partial charge in [-0.15, -0.1) is 0 Å². The summed E-state index contributed by atoms with van der Waals surface area (Å²) < 4.78 is 8.86. The molecule has 2 aromatic heterocycles. The number of fused-ring (bicyclic) bond motifs is 1. The molecular weight excluding hydrogens is 286 g/mol. The zero-order valence-corrected chi connectivity index (χ0v) is 12.2. The third kappa shape index (κ3) is 2.62. The van der Waals surface area contributed by atoms with Crippen LogP contribution in [0.2, 0.25) is 0 Å². The number of ether oxygens (including phenoxy) is 1. The molecule has 6 nitrogen and oxygen atoms in total. The van der Waals surface area contributed by atoms with Crippen LogP contribution < -0.4 is 4.90 Å². The van der Waals surface area contributed by atoms with Crippen molar-refractivity contribution in [2.45, 2.75) is 12.6 Å². The number of morpholine rings is 1. The van der Waals surface area contributed by atoms with E-state index in [4.69, 9.17) is 9.72 Å². The van der Waals surface area contributed by atoms with E-state index in [2.05, 4.69) is 33.2 Å². The van der Waals surface area contributed by atoms with Crippen molar-refractivity contribution in [1.82, 2.24) is 19.7 Å². The highest BCUT2D eigenvalue weighted by atomic mass is 32.1. The largest absolute Gasteiger partial charge is 0.373 e. The fraction of sp³-hybridized carbons (Fsp3) is 0.357. The van der Waals surface area contributed by atoms with Crippen LogP contribution in [0.4, 0.5) is 5.13 Å². The first-order valence-corrected chi connectivity index (χ1v) is 7.75. The Morgan fingerprint density at radius 2 is 2.29 bits per heavy atom. The Kier molecular flexibility index (Phi) is 3.28. The van der Waals surface area contributed by atoms with Crippen molar-refractivity contribution >= 4 is 26.7 Å². The highest BCUT2D eigenvalue weighted by Gasteiger charge is 2.23. The van der Waals surface area contributed by atoms with Crippen LogP contribution >= 0.6 is 11.3 Å². The van der Waals surface area contributed by atoms with Crippen LogP contribution in [0.1, 0.15) is 0 Å². The van der Waals surface area contributed by atoms with Crippen molar-refractivity contribution in [2.75, 3.05) is 24.6 Å². The van der Waals surface area contributed by atoms with Gasteiger partial charge >= 0.3 is 0 Å². The number of hydrogen-bond acceptors (Lipinski definition) is 6. The number of benzene rings is 1. The fourth-order valence-corrected chi connectivity index (χ4v) is 3.53. The zero-order chi connectivity index (χ0) is 14.1. The molecule has 0 spiro atoms. The molecule has 1 atom stereocenters. The molecule has 0 N–H and O–H groups in total. The van der Waals surface area contributed by atoms with Crippen LogP contribution in [0.3, 0.4) is 0 Å². The van der Waals surface area contributed by atoms with Crippen LogP contribution in [-0.2, 0) is 11.3 Å². The predicted octanol–water partition coefficient (Wildman–Crippen LogP) is 1.79. The van der Waals surface area contributed by atoms with E-state index in [1.807, 2.05) is 10.7 Å². The molecule has 0 saturated carbocycles. The smallest absolute Gasteiger partial charge is 0.186 e. The number of rotatable bonds is 3. The SMILES string of the molecule is c1ccc2sc(N3CCOC(Cn4cncn4)C3)nc2c1. The van der Waals surface area contributed by atoms with E-state index in [1.54, 1.807) is 24.0 Å². The summed E-state index contributed by atoms with van der Waals surface area (Å²) in [5, 5.41) is 5.21. The standard InChI is InChI=1S/C14H15N5OS/c1-2-4-13-12(3-1)17-14(21-13)18-5-6-20-11(7-18)8-19-10-15-9-16-19/h1-4,9-11H,5-8H2. The molecule has 108 valence electrons. The Morgan fingerprint density at radius 3 is 3.14 bits per heavy atom. The number of thiazole rings is 1. The van der Waals surface area contributed by atoms with Gasteiger partial charge in [0, 0.05) is 13.1 Å². The minimum atomic E-state index is 0.118. The zero-order valence-electron chi connectivity index (χ0n) is 11.4. The van der Waals surface area contributed by atoms with Crippen LogP contribution in [0.5, 0.6) is 0 Å². The van der Waals surface area contributed by atoms with Gasteiger partial charge in [0.1, 0.15) is 12.7 Å². The van der Waals surface area contributed by atoms with Crippen LogP contribution in [0.15, 0.2) is 36.9 Å². The molecule has 4 rings (SSSR count). The maximum absolute atomic E-state index is 5.82. The van der Waals surface area contributed by atoms with Crippen LogP contribution in [0.25, 0.3) is 10.2 Å². The summed E-state index contributed by atoms with van der Waals surface area (Å²) in [6.07, 6.45) is 3.39. The molecule has 1 aliphatic heterocycles. The molecule has 1 aromatic carbocycles. The van der Waals surface area contributed by atoms with Gasteiger partial charge in [0.05, 0.1) is 29.5 Å². The van der Waals surface area contributed by atoms with E-state index in [0.717, 1.165) is 36.9 Å². The number of nitrogens with zero attached hydrogens (tertiary/aromatic N) is 5. The van der Waals surface area contributed by atoms with Crippen LogP contribution in [0, 0.1) is 0 Å². The van der Waals surface area contributed by atoms with Crippen LogP contribution in [-0.4, -0.2) is 45.5 Å². The summed E-state index contributed by atoms with van der Waals surface area (Å²) in [5.41, 5.74) is 1.07. The van der Waals surface area contributed by atoms with Gasteiger partial charge < -0.3 is 9.64 Å². The average Bonchev–Trinajstić information content (AvgIpc) is 3.16. The summed E-state index contributed by atoms with van der Waals surface area (Å²) in [4.78, 5) is 11.0. The van der Waals surface area contributed by atoms with Gasteiger partial charge in [-0.05, 0) is 12.1 Å². The normalized spacial score (nSPS) is 19.2. The molecule has 1 saturated heterocycles. The molecule has 0 bridgehead atoms. The Balaban J connectivity index is 1.52. The van der Waals surface area contributed by atoms with Crippen molar-refractivity contribution in [2.24, 2.45) is 0 Å². The quantitative estimate of drug-likeness (QED) is 0.738. The van der Waals surface area contributed by atoms with Gasteiger partial charge in [0.2, 0.25) is 0 Å². The second-order valence-electron chi connectivity index (χ2n) is 5.02. The monoisotopic (exact) mass is 301 g/mol. The van der Waals surface area contributed by atoms with Crippen molar-refractivity contribution in [3.05, 3.63) is 36.9 Å². The van der Waals surface area contributed by atoms with E-state index in [-0.39, 0.29) is 6.10 Å². The third-order valence-corrected chi connectivity index (χ3v) is 4.65. The minimum Gasteiger partial charge on any atom is -0.373 e. The fourth-order valence-electron chi connectivity index (χ4n) is 2.53. The Labute approximate surface area is 126 Å². The summed E-state index contributed by atoms with van der Waals surface area (Å²) in [6.45, 7) is 3.16. The highest BCUT2D eigenvalue weighted by molar-refractivity contribution is 7.22. The van der Waals surface area contributed by atoms with Gasteiger partial charge in [-0.1, -0.05) is 23.5 Å². The number of hydrogen-bond donors (Lipinski definition) is 0. The maximum atomic E-state index is 5.82. The lowest BCUT2D eigenvalue weighted by atomic mass is 10.3. The molecule has 3 aromatic rings. The van der Waals surface area contributed by atoms with Gasteiger partial charge in [0.15, 0.2) is 5.13 Å². The molecule has 7 heteroatoms. The summed E-state index contributed by atoms with van der Waals surface area (Å²) in [5.74, 6) is 0. The van der Waals surface area contributed by atoms with Crippen molar-refractivity contribution < 1.29 is 4.74 Å². The van der Waals surface area contributed by atoms with Crippen molar-refractivity contribution in [1.29, 1.82) is 0 Å². The number of para-hydroxylation sites is 1. The first-order valence-electron chi connectivity index (χ1n) is 6.93. The highest BCUT2D eigenvalue weighted by Crippen LogP contribution is 2.29. The summed E-state index contributed by atoms with van der Waals surface area (Å²) in [7, 11) is 0. The Bertz CT molecular complexity index is 693. The van der Waals surface area contributed by atoms with Gasteiger partial charge in [-0.3, -0.25) is 4.68 Å². The molecule has 21 heavy (non-hydrogen) atoms. The number of anilines is 1. The first kappa shape index (κ1) is 12.7. The average molecular weight is 301 g/mol. The lowest BCUT2D eigenvalue weighted by molar-refractivity contribution is 0.0273. The second-order valence-corrected chi connectivity index (χ2v) is 6.03. The third-order valence-electron chi connectivity index (χ3n) is 3.55. The molecule has 0 radical (unpaired) electrons. The summed E-state index contributed by atoms with van der Waals surface area (Å²) in [6, 6.07) is 8.25. The molecule has 1 unspecified atom stereocenters. The van der Waals surface area contributed by atoms with E-state index in [9.17, 15) is 0 Å². The van der Waals surface area contributed by atoms with E-state index in [0.29, 0.717) is 0 Å². The van der Waals surface area contributed by atoms with Gasteiger partial charge in [-0.2, -0.15) is 5.10 Å². The van der Waals surface area contributed by atoms with Gasteiger partial charge in [-0.25, -0.2) is 9.97 Å². The topological polar surface area (TPSA) is 56.1 Å². The maximum Gasteiger partial charge on any atom is 0.186 e. The predicted molar refractivity (Wildman–Crippen MR) is 81.6 cm³/mol. The van der Waals surface area contributed by atoms with E-state index >= 15 is 0 Å². The Morgan fingerprint density at radius 1 is 1.33 bits per heavy atom. The molecular formula is C14H15N5OS. The molecule has 0 aliphatic carbocycles. The number of aromatic nitrogens is 4. The Hall–Kier alpha value is -1.99. The molecule has 1 aliphatic rings. The second kappa shape index (κ2) is 5.42. The van der Waals surface area contributed by atoms with E-state index in [1.165, 1.54) is 4.70 Å². The van der Waals surface area contributed by atoms with Crippen molar-refractivity contribution in [3.63, 3.8) is 0 Å². The lowest BCUT2D eigenvalue weighted by Crippen LogP contribution is -2.44. The minimum absolute atomic E-state index is 0.118. The molecule has 0 amide bonds. The molecule has 3 heterocycles. The lowest BCUT2D eigenvalue weighted by Gasteiger charge is -2.32. The summed E-state index contributed by atoms with van der Waals surface area (Å²) >= 11 is 1.74.